The maximum atomic E-state index is 12.6. The first kappa shape index (κ1) is 18.7. The number of pyridine rings is 1. The van der Waals surface area contributed by atoms with Gasteiger partial charge >= 0.3 is 6.18 Å². The number of likely N-dealkylation sites (N-methyl/N-ethyl adjacent to an activating group) is 1. The number of nitrogens with zero attached hydrogens (tertiary/aromatic N) is 2. The third-order valence-electron chi connectivity index (χ3n) is 3.68. The lowest BCUT2D eigenvalue weighted by Crippen LogP contribution is -2.41. The Kier molecular flexibility index (Phi) is 6.19. The molecule has 1 fully saturated rings. The van der Waals surface area contributed by atoms with E-state index in [1.165, 1.54) is 13.0 Å². The van der Waals surface area contributed by atoms with Crippen molar-refractivity contribution in [1.29, 1.82) is 0 Å². The lowest BCUT2D eigenvalue weighted by atomic mass is 10.1. The maximum absolute atomic E-state index is 12.6. The molecule has 1 unspecified atom stereocenters. The number of likely N-dealkylation sites (tertiary alicyclic amines) is 1. The van der Waals surface area contributed by atoms with Crippen LogP contribution in [0.25, 0.3) is 0 Å². The third kappa shape index (κ3) is 3.89. The predicted octanol–water partition coefficient (Wildman–Crippen LogP) is 2.65. The summed E-state index contributed by atoms with van der Waals surface area (Å²) in [6.45, 7) is 2.75. The molecule has 8 heteroatoms. The Balaban J connectivity index is 0.00000242. The largest absolute Gasteiger partial charge is 0.433 e. The Hall–Kier alpha value is -1.34. The highest BCUT2D eigenvalue weighted by molar-refractivity contribution is 5.95. The molecule has 22 heavy (non-hydrogen) atoms. The molecule has 1 atom stereocenters. The van der Waals surface area contributed by atoms with E-state index in [-0.39, 0.29) is 35.6 Å². The summed E-state index contributed by atoms with van der Waals surface area (Å²) >= 11 is 0. The summed E-state index contributed by atoms with van der Waals surface area (Å²) in [7, 11) is 1.81. The minimum atomic E-state index is -4.49. The first-order valence-electron chi connectivity index (χ1n) is 6.85. The molecule has 1 saturated heterocycles. The van der Waals surface area contributed by atoms with E-state index in [0.717, 1.165) is 18.9 Å². The molecule has 2 heterocycles. The van der Waals surface area contributed by atoms with Gasteiger partial charge in [-0.2, -0.15) is 13.2 Å². The Labute approximate surface area is 133 Å². The summed E-state index contributed by atoms with van der Waals surface area (Å²) in [5.41, 5.74) is -0.610. The summed E-state index contributed by atoms with van der Waals surface area (Å²) in [5, 5.41) is 3.03. The van der Waals surface area contributed by atoms with Gasteiger partial charge in [0.2, 0.25) is 0 Å². The van der Waals surface area contributed by atoms with E-state index in [1.54, 1.807) is 4.90 Å². The number of carbonyl (C=O) groups is 1. The molecule has 2 rings (SSSR count). The third-order valence-corrected chi connectivity index (χ3v) is 3.68. The topological polar surface area (TPSA) is 45.2 Å². The molecule has 0 aliphatic carbocycles. The van der Waals surface area contributed by atoms with Crippen molar-refractivity contribution in [3.8, 4) is 0 Å². The standard InChI is InChI=1S/C14H18F3N3O.ClH/c1-9-11(5-6-12(19-9)14(15,16)17)13(21)20-7-3-4-10(20)8-18-2;/h5-6,10,18H,3-4,7-8H2,1-2H3;1H. The van der Waals surface area contributed by atoms with E-state index in [1.807, 2.05) is 7.05 Å². The van der Waals surface area contributed by atoms with E-state index in [0.29, 0.717) is 13.1 Å². The van der Waals surface area contributed by atoms with Crippen LogP contribution in [0, 0.1) is 6.92 Å². The molecule has 1 amide bonds. The van der Waals surface area contributed by atoms with Crippen LogP contribution in [0.2, 0.25) is 0 Å². The van der Waals surface area contributed by atoms with Crippen molar-refractivity contribution in [3.63, 3.8) is 0 Å². The number of aryl methyl sites for hydroxylation is 1. The van der Waals surface area contributed by atoms with Gasteiger partial charge in [-0.25, -0.2) is 4.98 Å². The zero-order valence-electron chi connectivity index (χ0n) is 12.4. The van der Waals surface area contributed by atoms with Crippen LogP contribution < -0.4 is 5.32 Å². The molecule has 1 aromatic rings. The minimum absolute atomic E-state index is 0. The van der Waals surface area contributed by atoms with Gasteiger partial charge in [0, 0.05) is 19.1 Å². The number of nitrogens with one attached hydrogen (secondary N) is 1. The van der Waals surface area contributed by atoms with Gasteiger partial charge in [0.15, 0.2) is 0 Å². The van der Waals surface area contributed by atoms with Gasteiger partial charge in [0.05, 0.1) is 11.3 Å². The van der Waals surface area contributed by atoms with Gasteiger partial charge < -0.3 is 10.2 Å². The highest BCUT2D eigenvalue weighted by Gasteiger charge is 2.34. The molecule has 1 aromatic heterocycles. The number of rotatable bonds is 3. The number of hydrogen-bond donors (Lipinski definition) is 1. The van der Waals surface area contributed by atoms with E-state index in [2.05, 4.69) is 10.3 Å². The summed E-state index contributed by atoms with van der Waals surface area (Å²) in [6.07, 6.45) is -2.68. The quantitative estimate of drug-likeness (QED) is 0.922. The molecule has 0 bridgehead atoms. The van der Waals surface area contributed by atoms with Crippen LogP contribution in [-0.4, -0.2) is 42.0 Å². The van der Waals surface area contributed by atoms with Crippen LogP contribution >= 0.6 is 12.4 Å². The van der Waals surface area contributed by atoms with Crippen molar-refractivity contribution in [1.82, 2.24) is 15.2 Å². The van der Waals surface area contributed by atoms with E-state index in [4.69, 9.17) is 0 Å². The normalized spacial score (nSPS) is 18.2. The molecule has 1 aliphatic rings. The van der Waals surface area contributed by atoms with Crippen LogP contribution in [0.3, 0.4) is 0 Å². The number of hydrogen-bond acceptors (Lipinski definition) is 3. The van der Waals surface area contributed by atoms with Crippen molar-refractivity contribution in [2.45, 2.75) is 32.0 Å². The van der Waals surface area contributed by atoms with E-state index in [9.17, 15) is 18.0 Å². The molecule has 0 aromatic carbocycles. The summed E-state index contributed by atoms with van der Waals surface area (Å²) in [6, 6.07) is 2.18. The number of alkyl halides is 3. The molecule has 4 nitrogen and oxygen atoms in total. The van der Waals surface area contributed by atoms with Crippen LogP contribution in [0.1, 0.15) is 34.6 Å². The second-order valence-corrected chi connectivity index (χ2v) is 5.18. The minimum Gasteiger partial charge on any atom is -0.334 e. The van der Waals surface area contributed by atoms with Gasteiger partial charge in [-0.3, -0.25) is 4.79 Å². The van der Waals surface area contributed by atoms with Crippen LogP contribution in [-0.2, 0) is 6.18 Å². The monoisotopic (exact) mass is 337 g/mol. The van der Waals surface area contributed by atoms with Crippen molar-refractivity contribution < 1.29 is 18.0 Å². The van der Waals surface area contributed by atoms with Gasteiger partial charge in [0.1, 0.15) is 5.69 Å². The average molecular weight is 338 g/mol. The zero-order chi connectivity index (χ0) is 15.6. The van der Waals surface area contributed by atoms with Gasteiger partial charge in [0.25, 0.3) is 5.91 Å². The molecular formula is C14H19ClF3N3O. The Bertz CT molecular complexity index is 537. The number of aromatic nitrogens is 1. The lowest BCUT2D eigenvalue weighted by molar-refractivity contribution is -0.141. The van der Waals surface area contributed by atoms with E-state index < -0.39 is 11.9 Å². The Morgan fingerprint density at radius 3 is 2.68 bits per heavy atom. The maximum Gasteiger partial charge on any atom is 0.433 e. The molecule has 1 N–H and O–H groups in total. The summed E-state index contributed by atoms with van der Waals surface area (Å²) < 4.78 is 37.8. The van der Waals surface area contributed by atoms with Crippen molar-refractivity contribution >= 4 is 18.3 Å². The highest BCUT2D eigenvalue weighted by atomic mass is 35.5. The first-order valence-corrected chi connectivity index (χ1v) is 6.85. The predicted molar refractivity (Wildman–Crippen MR) is 79.2 cm³/mol. The average Bonchev–Trinajstić information content (AvgIpc) is 2.85. The summed E-state index contributed by atoms with van der Waals surface area (Å²) in [5.74, 6) is -0.244. The van der Waals surface area contributed by atoms with Gasteiger partial charge in [-0.05, 0) is 38.9 Å². The number of halogens is 4. The zero-order valence-corrected chi connectivity index (χ0v) is 13.2. The molecule has 1 aliphatic heterocycles. The Morgan fingerprint density at radius 1 is 1.45 bits per heavy atom. The summed E-state index contributed by atoms with van der Waals surface area (Å²) in [4.78, 5) is 17.7. The SMILES string of the molecule is CNCC1CCCN1C(=O)c1ccc(C(F)(F)F)nc1C.Cl. The molecule has 0 spiro atoms. The highest BCUT2D eigenvalue weighted by Crippen LogP contribution is 2.29. The van der Waals surface area contributed by atoms with Gasteiger partial charge in [-0.15, -0.1) is 12.4 Å². The van der Waals surface area contributed by atoms with Crippen LogP contribution in [0.5, 0.6) is 0 Å². The number of amides is 1. The Morgan fingerprint density at radius 2 is 2.14 bits per heavy atom. The van der Waals surface area contributed by atoms with Gasteiger partial charge in [-0.1, -0.05) is 0 Å². The smallest absolute Gasteiger partial charge is 0.334 e. The van der Waals surface area contributed by atoms with Crippen molar-refractivity contribution in [2.75, 3.05) is 20.1 Å². The number of carbonyl (C=O) groups excluding carboxylic acids is 1. The van der Waals surface area contributed by atoms with Crippen LogP contribution in [0.4, 0.5) is 13.2 Å². The molecule has 0 saturated carbocycles. The van der Waals surface area contributed by atoms with Crippen molar-refractivity contribution in [3.05, 3.63) is 29.1 Å². The first-order chi connectivity index (χ1) is 9.84. The molecular weight excluding hydrogens is 319 g/mol. The van der Waals surface area contributed by atoms with E-state index >= 15 is 0 Å². The lowest BCUT2D eigenvalue weighted by Gasteiger charge is -2.25. The second kappa shape index (κ2) is 7.28. The molecule has 124 valence electrons. The second-order valence-electron chi connectivity index (χ2n) is 5.18. The fourth-order valence-electron chi connectivity index (χ4n) is 2.65. The fraction of sp³-hybridized carbons (Fsp3) is 0.571. The fourth-order valence-corrected chi connectivity index (χ4v) is 2.65. The molecule has 0 radical (unpaired) electrons. The van der Waals surface area contributed by atoms with Crippen molar-refractivity contribution in [2.24, 2.45) is 0 Å². The van der Waals surface area contributed by atoms with Crippen LogP contribution in [0.15, 0.2) is 12.1 Å².